The molecular formula is C17H30OSSn. The maximum atomic E-state index is 11.0. The second kappa shape index (κ2) is 9.99. The van der Waals surface area contributed by atoms with Gasteiger partial charge in [-0.15, -0.1) is 0 Å². The summed E-state index contributed by atoms with van der Waals surface area (Å²) in [6.45, 7) is 6.92. The van der Waals surface area contributed by atoms with E-state index in [1.165, 1.54) is 51.8 Å². The monoisotopic (exact) mass is 402 g/mol. The Kier molecular flexibility index (Phi) is 9.10. The van der Waals surface area contributed by atoms with Crippen molar-refractivity contribution in [1.29, 1.82) is 0 Å². The van der Waals surface area contributed by atoms with E-state index < -0.39 is 18.4 Å². The molecule has 1 aromatic rings. The van der Waals surface area contributed by atoms with Gasteiger partial charge in [0.25, 0.3) is 0 Å². The van der Waals surface area contributed by atoms with Gasteiger partial charge in [0.2, 0.25) is 0 Å². The molecule has 0 bridgehead atoms. The summed E-state index contributed by atoms with van der Waals surface area (Å²) in [5.41, 5.74) is 0.913. The zero-order valence-corrected chi connectivity index (χ0v) is 17.1. The van der Waals surface area contributed by atoms with Gasteiger partial charge in [-0.05, 0) is 0 Å². The topological polar surface area (TPSA) is 17.1 Å². The fraction of sp³-hybridized carbons (Fsp3) is 0.706. The first-order valence-corrected chi connectivity index (χ1v) is 16.6. The van der Waals surface area contributed by atoms with Gasteiger partial charge in [-0.1, -0.05) is 0 Å². The summed E-state index contributed by atoms with van der Waals surface area (Å²) in [6.07, 6.45) is 9.11. The molecule has 1 rings (SSSR count). The average molecular weight is 401 g/mol. The first-order valence-electron chi connectivity index (χ1n) is 8.26. The molecule has 114 valence electrons. The normalized spacial score (nSPS) is 11.8. The molecular weight excluding hydrogens is 371 g/mol. The van der Waals surface area contributed by atoms with E-state index in [9.17, 15) is 4.79 Å². The number of thiophene rings is 1. The van der Waals surface area contributed by atoms with Crippen molar-refractivity contribution in [3.05, 3.63) is 17.0 Å². The maximum absolute atomic E-state index is 11.0. The van der Waals surface area contributed by atoms with Crippen LogP contribution in [0.4, 0.5) is 0 Å². The Hall–Kier alpha value is 0.169. The van der Waals surface area contributed by atoms with Crippen LogP contribution in [0.1, 0.15) is 69.7 Å². The summed E-state index contributed by atoms with van der Waals surface area (Å²) >= 11 is -0.345. The Morgan fingerprint density at radius 3 is 1.85 bits per heavy atom. The first-order chi connectivity index (χ1) is 9.72. The second-order valence-electron chi connectivity index (χ2n) is 5.95. The first kappa shape index (κ1) is 18.2. The van der Waals surface area contributed by atoms with Gasteiger partial charge in [0.1, 0.15) is 0 Å². The van der Waals surface area contributed by atoms with Crippen molar-refractivity contribution in [2.24, 2.45) is 0 Å². The number of aldehydes is 1. The van der Waals surface area contributed by atoms with Crippen LogP contribution in [0.25, 0.3) is 0 Å². The van der Waals surface area contributed by atoms with Crippen molar-refractivity contribution >= 4 is 38.9 Å². The predicted molar refractivity (Wildman–Crippen MR) is 94.2 cm³/mol. The molecule has 0 aliphatic heterocycles. The third-order valence-electron chi connectivity index (χ3n) is 4.31. The van der Waals surface area contributed by atoms with Crippen LogP contribution in [0.3, 0.4) is 0 Å². The van der Waals surface area contributed by atoms with Gasteiger partial charge in [-0.2, -0.15) is 0 Å². The predicted octanol–water partition coefficient (Wildman–Crippen LogP) is 5.62. The fourth-order valence-corrected chi connectivity index (χ4v) is 22.9. The fourth-order valence-electron chi connectivity index (χ4n) is 2.98. The van der Waals surface area contributed by atoms with Gasteiger partial charge in [0, 0.05) is 0 Å². The molecule has 0 aliphatic rings. The van der Waals surface area contributed by atoms with Gasteiger partial charge in [-0.25, -0.2) is 0 Å². The van der Waals surface area contributed by atoms with Crippen molar-refractivity contribution < 1.29 is 4.79 Å². The van der Waals surface area contributed by atoms with E-state index in [2.05, 4.69) is 32.2 Å². The van der Waals surface area contributed by atoms with Crippen LogP contribution in [0.5, 0.6) is 0 Å². The molecule has 0 aliphatic carbocycles. The van der Waals surface area contributed by atoms with Crippen LogP contribution in [0.2, 0.25) is 13.3 Å². The average Bonchev–Trinajstić information content (AvgIpc) is 2.96. The van der Waals surface area contributed by atoms with Gasteiger partial charge in [0.05, 0.1) is 0 Å². The van der Waals surface area contributed by atoms with Crippen LogP contribution in [0.15, 0.2) is 11.4 Å². The summed E-state index contributed by atoms with van der Waals surface area (Å²) in [5.74, 6) is 0. The zero-order chi connectivity index (χ0) is 14.8. The Balaban J connectivity index is 3.00. The molecule has 0 saturated carbocycles. The number of carbonyl (C=O) groups is 1. The van der Waals surface area contributed by atoms with Crippen LogP contribution in [-0.4, -0.2) is 24.7 Å². The summed E-state index contributed by atoms with van der Waals surface area (Å²) in [5, 5.41) is 2.08. The summed E-state index contributed by atoms with van der Waals surface area (Å²) < 4.78 is 6.13. The standard InChI is InChI=1S/C5H3OS.3C4H9.Sn/c6-3-5-1-2-7-4-5;3*1-3-4-2;/h1,3-4H;3*1,3-4H2,2H3;. The van der Waals surface area contributed by atoms with Crippen molar-refractivity contribution in [2.75, 3.05) is 0 Å². The van der Waals surface area contributed by atoms with E-state index in [-0.39, 0.29) is 0 Å². The second-order valence-corrected chi connectivity index (χ2v) is 21.0. The molecule has 3 heteroatoms. The van der Waals surface area contributed by atoms with Gasteiger partial charge in [0.15, 0.2) is 0 Å². The Bertz CT molecular complexity index is 364. The van der Waals surface area contributed by atoms with Crippen LogP contribution >= 0.6 is 11.3 Å². The van der Waals surface area contributed by atoms with E-state index in [1.807, 2.05) is 11.3 Å². The molecule has 1 nitrogen and oxygen atoms in total. The van der Waals surface area contributed by atoms with Gasteiger partial charge >= 0.3 is 133 Å². The molecule has 0 atom stereocenters. The van der Waals surface area contributed by atoms with Crippen molar-refractivity contribution in [1.82, 2.24) is 0 Å². The Labute approximate surface area is 133 Å². The van der Waals surface area contributed by atoms with Gasteiger partial charge < -0.3 is 0 Å². The van der Waals surface area contributed by atoms with E-state index in [0.29, 0.717) is 0 Å². The number of hydrogen-bond acceptors (Lipinski definition) is 2. The number of rotatable bonds is 11. The molecule has 0 aromatic carbocycles. The summed E-state index contributed by atoms with van der Waals surface area (Å²) in [4.78, 5) is 11.0. The van der Waals surface area contributed by atoms with Crippen molar-refractivity contribution in [2.45, 2.75) is 72.6 Å². The number of carbonyl (C=O) groups excluding carboxylic acids is 1. The summed E-state index contributed by atoms with van der Waals surface area (Å²) in [6, 6.07) is 2.24. The molecule has 1 aromatic heterocycles. The Morgan fingerprint density at radius 1 is 1.00 bits per heavy atom. The third-order valence-corrected chi connectivity index (χ3v) is 23.6. The quantitative estimate of drug-likeness (QED) is 0.348. The minimum absolute atomic E-state index is 0.913. The number of hydrogen-bond donors (Lipinski definition) is 0. The molecule has 0 N–H and O–H groups in total. The Morgan fingerprint density at radius 2 is 1.50 bits per heavy atom. The van der Waals surface area contributed by atoms with Crippen molar-refractivity contribution in [3.63, 3.8) is 0 Å². The minimum atomic E-state index is -2.24. The molecule has 0 unspecified atom stereocenters. The molecule has 0 amide bonds. The SMILES string of the molecule is CCC[CH2][Sn]([CH2]CCC)([CH2]CCC)[c]1cc(C=O)cs1. The van der Waals surface area contributed by atoms with E-state index in [0.717, 1.165) is 11.8 Å². The molecule has 0 spiro atoms. The van der Waals surface area contributed by atoms with Crippen LogP contribution in [-0.2, 0) is 0 Å². The van der Waals surface area contributed by atoms with Crippen LogP contribution < -0.4 is 2.89 Å². The van der Waals surface area contributed by atoms with E-state index >= 15 is 0 Å². The molecule has 0 fully saturated rings. The molecule has 20 heavy (non-hydrogen) atoms. The third kappa shape index (κ3) is 5.18. The molecule has 1 heterocycles. The molecule has 0 radical (unpaired) electrons. The summed E-state index contributed by atoms with van der Waals surface area (Å²) in [7, 11) is 0. The van der Waals surface area contributed by atoms with E-state index in [1.54, 1.807) is 2.89 Å². The van der Waals surface area contributed by atoms with Crippen molar-refractivity contribution in [3.8, 4) is 0 Å². The molecule has 0 saturated heterocycles. The van der Waals surface area contributed by atoms with Crippen LogP contribution in [0, 0.1) is 0 Å². The zero-order valence-electron chi connectivity index (χ0n) is 13.4. The van der Waals surface area contributed by atoms with Gasteiger partial charge in [-0.3, -0.25) is 0 Å². The van der Waals surface area contributed by atoms with E-state index in [4.69, 9.17) is 0 Å². The number of unbranched alkanes of at least 4 members (excludes halogenated alkanes) is 3.